The maximum Gasteiger partial charge on any atom is 0.406 e. The van der Waals surface area contributed by atoms with Gasteiger partial charge in [0, 0.05) is 11.9 Å². The van der Waals surface area contributed by atoms with Gasteiger partial charge in [-0.3, -0.25) is 4.79 Å². The summed E-state index contributed by atoms with van der Waals surface area (Å²) in [6, 6.07) is 7.36. The summed E-state index contributed by atoms with van der Waals surface area (Å²) in [6.45, 7) is 4.31. The Labute approximate surface area is 153 Å². The average Bonchev–Trinajstić information content (AvgIpc) is 3.02. The number of alkyl halides is 3. The first-order chi connectivity index (χ1) is 12.3. The van der Waals surface area contributed by atoms with Gasteiger partial charge in [0.1, 0.15) is 17.3 Å². The SMILES string of the molecule is C=CCN(CC(F)(F)F)C(=O)Cc1csc(-c2ccccc2OCC)n1. The smallest absolute Gasteiger partial charge is 0.406 e. The molecule has 1 heterocycles. The molecule has 0 N–H and O–H groups in total. The molecule has 1 amide bonds. The van der Waals surface area contributed by atoms with E-state index in [0.29, 0.717) is 23.1 Å². The minimum Gasteiger partial charge on any atom is -0.493 e. The lowest BCUT2D eigenvalue weighted by molar-refractivity contribution is -0.159. The molecule has 1 aromatic heterocycles. The second-order valence-corrected chi connectivity index (χ2v) is 6.29. The van der Waals surface area contributed by atoms with Crippen LogP contribution in [-0.4, -0.2) is 41.7 Å². The normalized spacial score (nSPS) is 11.2. The largest absolute Gasteiger partial charge is 0.493 e. The van der Waals surface area contributed by atoms with Crippen molar-refractivity contribution in [1.29, 1.82) is 0 Å². The van der Waals surface area contributed by atoms with Crippen LogP contribution in [0.15, 0.2) is 42.3 Å². The fourth-order valence-corrected chi connectivity index (χ4v) is 3.18. The third-order valence-electron chi connectivity index (χ3n) is 3.37. The van der Waals surface area contributed by atoms with E-state index in [1.807, 2.05) is 31.2 Å². The minimum atomic E-state index is -4.46. The van der Waals surface area contributed by atoms with Gasteiger partial charge in [-0.25, -0.2) is 4.98 Å². The van der Waals surface area contributed by atoms with Gasteiger partial charge >= 0.3 is 6.18 Å². The number of hydrogen-bond donors (Lipinski definition) is 0. The Morgan fingerprint density at radius 2 is 2.12 bits per heavy atom. The van der Waals surface area contributed by atoms with Crippen LogP contribution in [0.4, 0.5) is 13.2 Å². The number of halogens is 3. The van der Waals surface area contributed by atoms with Crippen molar-refractivity contribution in [2.75, 3.05) is 19.7 Å². The lowest BCUT2D eigenvalue weighted by Crippen LogP contribution is -2.39. The van der Waals surface area contributed by atoms with Gasteiger partial charge in [0.05, 0.1) is 24.3 Å². The molecule has 0 bridgehead atoms. The number of amides is 1. The number of para-hydroxylation sites is 1. The van der Waals surface area contributed by atoms with Crippen molar-refractivity contribution in [3.8, 4) is 16.3 Å². The van der Waals surface area contributed by atoms with Crippen LogP contribution in [0.3, 0.4) is 0 Å². The van der Waals surface area contributed by atoms with Gasteiger partial charge in [0.15, 0.2) is 0 Å². The first kappa shape index (κ1) is 20.0. The summed E-state index contributed by atoms with van der Waals surface area (Å²) in [6.07, 6.45) is -3.38. The summed E-state index contributed by atoms with van der Waals surface area (Å²) < 4.78 is 43.4. The molecule has 2 rings (SSSR count). The zero-order valence-corrected chi connectivity index (χ0v) is 15.1. The molecule has 4 nitrogen and oxygen atoms in total. The van der Waals surface area contributed by atoms with Gasteiger partial charge in [-0.2, -0.15) is 13.2 Å². The number of carbonyl (C=O) groups excluding carboxylic acids is 1. The van der Waals surface area contributed by atoms with E-state index >= 15 is 0 Å². The predicted molar refractivity (Wildman–Crippen MR) is 95.3 cm³/mol. The van der Waals surface area contributed by atoms with E-state index in [1.54, 1.807) is 5.38 Å². The number of carbonyl (C=O) groups is 1. The molecule has 0 aliphatic heterocycles. The number of benzene rings is 1. The van der Waals surface area contributed by atoms with Crippen molar-refractivity contribution < 1.29 is 22.7 Å². The number of ether oxygens (including phenoxy) is 1. The third-order valence-corrected chi connectivity index (χ3v) is 4.30. The highest BCUT2D eigenvalue weighted by Gasteiger charge is 2.32. The molecular weight excluding hydrogens is 365 g/mol. The summed E-state index contributed by atoms with van der Waals surface area (Å²) in [4.78, 5) is 17.3. The van der Waals surface area contributed by atoms with E-state index in [-0.39, 0.29) is 13.0 Å². The monoisotopic (exact) mass is 384 g/mol. The number of rotatable bonds is 8. The van der Waals surface area contributed by atoms with Gasteiger partial charge in [0.25, 0.3) is 0 Å². The van der Waals surface area contributed by atoms with Crippen molar-refractivity contribution >= 4 is 17.2 Å². The molecule has 0 spiro atoms. The van der Waals surface area contributed by atoms with Gasteiger partial charge in [-0.15, -0.1) is 17.9 Å². The van der Waals surface area contributed by atoms with Crippen LogP contribution in [0.5, 0.6) is 5.75 Å². The molecule has 0 aliphatic carbocycles. The molecular formula is C18H19F3N2O2S. The Morgan fingerprint density at radius 3 is 2.77 bits per heavy atom. The Hall–Kier alpha value is -2.35. The maximum absolute atomic E-state index is 12.6. The Bertz CT molecular complexity index is 759. The molecule has 140 valence electrons. The summed E-state index contributed by atoms with van der Waals surface area (Å²) in [5.41, 5.74) is 1.22. The van der Waals surface area contributed by atoms with Crippen LogP contribution < -0.4 is 4.74 Å². The van der Waals surface area contributed by atoms with Gasteiger partial charge in [-0.05, 0) is 19.1 Å². The van der Waals surface area contributed by atoms with Crippen molar-refractivity contribution in [3.05, 3.63) is 48.0 Å². The first-order valence-electron chi connectivity index (χ1n) is 7.96. The summed E-state index contributed by atoms with van der Waals surface area (Å²) in [5.74, 6) is 0.0322. The topological polar surface area (TPSA) is 42.4 Å². The highest BCUT2D eigenvalue weighted by atomic mass is 32.1. The summed E-state index contributed by atoms with van der Waals surface area (Å²) >= 11 is 1.32. The van der Waals surface area contributed by atoms with Crippen molar-refractivity contribution in [1.82, 2.24) is 9.88 Å². The molecule has 0 unspecified atom stereocenters. The molecule has 2 aromatic rings. The Balaban J connectivity index is 2.14. The van der Waals surface area contributed by atoms with Crippen LogP contribution in [0.2, 0.25) is 0 Å². The third kappa shape index (κ3) is 5.59. The maximum atomic E-state index is 12.6. The van der Waals surface area contributed by atoms with Crippen LogP contribution in [0, 0.1) is 0 Å². The molecule has 26 heavy (non-hydrogen) atoms. The molecule has 1 aromatic carbocycles. The fourth-order valence-electron chi connectivity index (χ4n) is 2.33. The average molecular weight is 384 g/mol. The fraction of sp³-hybridized carbons (Fsp3) is 0.333. The van der Waals surface area contributed by atoms with Gasteiger partial charge in [-0.1, -0.05) is 18.2 Å². The molecule has 0 atom stereocenters. The van der Waals surface area contributed by atoms with Crippen molar-refractivity contribution in [2.45, 2.75) is 19.5 Å². The number of aromatic nitrogens is 1. The van der Waals surface area contributed by atoms with Crippen LogP contribution in [0.1, 0.15) is 12.6 Å². The van der Waals surface area contributed by atoms with E-state index in [1.165, 1.54) is 17.4 Å². The number of hydrogen-bond acceptors (Lipinski definition) is 4. The molecule has 0 radical (unpaired) electrons. The lowest BCUT2D eigenvalue weighted by atomic mass is 10.2. The van der Waals surface area contributed by atoms with Crippen LogP contribution >= 0.6 is 11.3 Å². The van der Waals surface area contributed by atoms with E-state index in [9.17, 15) is 18.0 Å². The highest BCUT2D eigenvalue weighted by molar-refractivity contribution is 7.13. The minimum absolute atomic E-state index is 0.164. The number of thiazole rings is 1. The Kier molecular flexibility index (Phi) is 6.79. The second-order valence-electron chi connectivity index (χ2n) is 5.43. The predicted octanol–water partition coefficient (Wildman–Crippen LogP) is 4.33. The quantitative estimate of drug-likeness (QED) is 0.637. The van der Waals surface area contributed by atoms with Crippen LogP contribution in [0.25, 0.3) is 10.6 Å². The lowest BCUT2D eigenvalue weighted by Gasteiger charge is -2.22. The van der Waals surface area contributed by atoms with E-state index in [0.717, 1.165) is 10.5 Å². The molecule has 0 aliphatic rings. The van der Waals surface area contributed by atoms with E-state index in [4.69, 9.17) is 4.74 Å². The summed E-state index contributed by atoms with van der Waals surface area (Å²) in [5, 5.41) is 2.33. The molecule has 0 saturated carbocycles. The highest BCUT2D eigenvalue weighted by Crippen LogP contribution is 2.32. The van der Waals surface area contributed by atoms with E-state index in [2.05, 4.69) is 11.6 Å². The molecule has 8 heteroatoms. The zero-order valence-electron chi connectivity index (χ0n) is 14.3. The molecule has 0 fully saturated rings. The standard InChI is InChI=1S/C18H19F3N2O2S/c1-3-9-23(12-18(19,20)21)16(24)10-13-11-26-17(22-13)14-7-5-6-8-15(14)25-4-2/h3,5-8,11H,1,4,9-10,12H2,2H3. The summed E-state index contributed by atoms with van der Waals surface area (Å²) in [7, 11) is 0. The van der Waals surface area contributed by atoms with Gasteiger partial charge < -0.3 is 9.64 Å². The van der Waals surface area contributed by atoms with Crippen LogP contribution in [-0.2, 0) is 11.2 Å². The van der Waals surface area contributed by atoms with Crippen molar-refractivity contribution in [2.24, 2.45) is 0 Å². The number of nitrogens with zero attached hydrogens (tertiary/aromatic N) is 2. The van der Waals surface area contributed by atoms with E-state index < -0.39 is 18.6 Å². The second kappa shape index (κ2) is 8.84. The Morgan fingerprint density at radius 1 is 1.38 bits per heavy atom. The van der Waals surface area contributed by atoms with Gasteiger partial charge in [0.2, 0.25) is 5.91 Å². The van der Waals surface area contributed by atoms with Crippen molar-refractivity contribution in [3.63, 3.8) is 0 Å². The zero-order chi connectivity index (χ0) is 19.2. The first-order valence-corrected chi connectivity index (χ1v) is 8.84. The molecule has 0 saturated heterocycles.